The summed E-state index contributed by atoms with van der Waals surface area (Å²) in [5.74, 6) is 1.19. The second kappa shape index (κ2) is 5.12. The zero-order valence-corrected chi connectivity index (χ0v) is 10.5. The number of aromatic nitrogens is 4. The fraction of sp³-hybridized carbons (Fsp3) is 0.583. The van der Waals surface area contributed by atoms with Crippen molar-refractivity contribution in [3.05, 3.63) is 12.0 Å². The number of hydrogen-bond acceptors (Lipinski definition) is 4. The number of aryl methyl sites for hydroxylation is 2. The molecule has 0 bridgehead atoms. The van der Waals surface area contributed by atoms with Crippen LogP contribution in [0, 0.1) is 6.92 Å². The highest BCUT2D eigenvalue weighted by Gasteiger charge is 2.16. The molecule has 0 aromatic carbocycles. The van der Waals surface area contributed by atoms with E-state index in [-0.39, 0.29) is 0 Å². The topological polar surface area (TPSA) is 69.6 Å². The van der Waals surface area contributed by atoms with Crippen molar-refractivity contribution in [1.29, 1.82) is 0 Å². The third kappa shape index (κ3) is 2.54. The summed E-state index contributed by atoms with van der Waals surface area (Å²) in [5.41, 5.74) is 7.34. The fourth-order valence-electron chi connectivity index (χ4n) is 1.94. The zero-order chi connectivity index (χ0) is 12.3. The van der Waals surface area contributed by atoms with Crippen LogP contribution in [-0.2, 0) is 6.54 Å². The molecule has 0 aromatic heterocycles. The van der Waals surface area contributed by atoms with Gasteiger partial charge in [-0.25, -0.2) is 9.97 Å². The van der Waals surface area contributed by atoms with Gasteiger partial charge in [-0.2, -0.15) is 4.98 Å². The molecule has 2 N–H and O–H groups in total. The van der Waals surface area contributed by atoms with Crippen molar-refractivity contribution in [2.75, 3.05) is 5.73 Å². The van der Waals surface area contributed by atoms with Gasteiger partial charge in [0.15, 0.2) is 5.82 Å². The molecule has 0 amide bonds. The van der Waals surface area contributed by atoms with Crippen LogP contribution >= 0.6 is 0 Å². The lowest BCUT2D eigenvalue weighted by Gasteiger charge is -2.10. The molecule has 2 rings (SSSR count). The number of fused-ring (bicyclic) bond motifs is 1. The summed E-state index contributed by atoms with van der Waals surface area (Å²) in [6, 6.07) is 0. The first-order valence-corrected chi connectivity index (χ1v) is 6.17. The Hall–Kier alpha value is -1.65. The van der Waals surface area contributed by atoms with E-state index in [0.29, 0.717) is 5.95 Å². The number of nitrogens with two attached hydrogens (primary N) is 1. The molecule has 0 atom stereocenters. The van der Waals surface area contributed by atoms with Crippen LogP contribution in [0.3, 0.4) is 0 Å². The van der Waals surface area contributed by atoms with E-state index >= 15 is 0 Å². The molecule has 0 saturated carbocycles. The molecular formula is C12H19N5. The Morgan fingerprint density at radius 2 is 2.06 bits per heavy atom. The van der Waals surface area contributed by atoms with E-state index < -0.39 is 0 Å². The number of rotatable bonds is 5. The monoisotopic (exact) mass is 233 g/mol. The zero-order valence-electron chi connectivity index (χ0n) is 10.5. The van der Waals surface area contributed by atoms with Gasteiger partial charge in [0, 0.05) is 6.54 Å². The summed E-state index contributed by atoms with van der Waals surface area (Å²) in [7, 11) is 0. The highest BCUT2D eigenvalue weighted by atomic mass is 15.2. The average molecular weight is 233 g/mol. The van der Waals surface area contributed by atoms with Crippen LogP contribution in [0.4, 0.5) is 5.95 Å². The van der Waals surface area contributed by atoms with Crippen molar-refractivity contribution < 1.29 is 0 Å². The smallest absolute Gasteiger partial charge is 0.222 e. The maximum absolute atomic E-state index is 5.64. The summed E-state index contributed by atoms with van der Waals surface area (Å²) in [6.45, 7) is 5.07. The van der Waals surface area contributed by atoms with Gasteiger partial charge in [-0.1, -0.05) is 26.2 Å². The fourth-order valence-corrected chi connectivity index (χ4v) is 1.94. The Bertz CT molecular complexity index is 462. The molecule has 2 heterocycles. The van der Waals surface area contributed by atoms with E-state index in [0.717, 1.165) is 30.2 Å². The molecule has 2 aliphatic heterocycles. The molecule has 0 spiro atoms. The molecular weight excluding hydrogens is 214 g/mol. The summed E-state index contributed by atoms with van der Waals surface area (Å²) < 4.78 is 2.04. The van der Waals surface area contributed by atoms with Gasteiger partial charge >= 0.3 is 0 Å². The highest BCUT2D eigenvalue weighted by Crippen LogP contribution is 2.22. The van der Waals surface area contributed by atoms with Crippen LogP contribution in [0.1, 0.15) is 38.3 Å². The van der Waals surface area contributed by atoms with E-state index in [4.69, 9.17) is 5.73 Å². The average Bonchev–Trinajstić information content (AvgIpc) is 2.70. The lowest BCUT2D eigenvalue weighted by molar-refractivity contribution is 0.573. The van der Waals surface area contributed by atoms with E-state index in [9.17, 15) is 0 Å². The van der Waals surface area contributed by atoms with Crippen LogP contribution in [0.5, 0.6) is 0 Å². The van der Waals surface area contributed by atoms with Crippen LogP contribution in [0.15, 0.2) is 6.33 Å². The van der Waals surface area contributed by atoms with Crippen LogP contribution in [0.25, 0.3) is 11.5 Å². The van der Waals surface area contributed by atoms with Gasteiger partial charge in [0.25, 0.3) is 0 Å². The van der Waals surface area contributed by atoms with E-state index in [2.05, 4.69) is 21.9 Å². The first-order chi connectivity index (χ1) is 8.22. The molecule has 0 aliphatic carbocycles. The number of anilines is 1. The summed E-state index contributed by atoms with van der Waals surface area (Å²) in [6.07, 6.45) is 6.73. The molecule has 0 aromatic rings. The number of nitrogens with zero attached hydrogens (tertiary/aromatic N) is 4. The first kappa shape index (κ1) is 11.8. The molecule has 2 aliphatic rings. The van der Waals surface area contributed by atoms with Crippen LogP contribution in [0.2, 0.25) is 0 Å². The lowest BCUT2D eigenvalue weighted by Crippen LogP contribution is -2.07. The predicted molar refractivity (Wildman–Crippen MR) is 67.7 cm³/mol. The van der Waals surface area contributed by atoms with Gasteiger partial charge in [-0.3, -0.25) is 0 Å². The van der Waals surface area contributed by atoms with Crippen molar-refractivity contribution in [1.82, 2.24) is 19.5 Å². The van der Waals surface area contributed by atoms with Crippen LogP contribution in [-0.4, -0.2) is 19.5 Å². The maximum Gasteiger partial charge on any atom is 0.222 e. The minimum Gasteiger partial charge on any atom is -0.368 e. The molecule has 0 saturated heterocycles. The standard InChI is InChI=1S/C12H19N5/c1-3-4-5-6-7-17-8-14-9(2)10-11(17)16-12(13)15-10/h8H,3-7H2,1-2H3,(H2,13,15). The normalized spacial score (nSPS) is 11.2. The van der Waals surface area contributed by atoms with E-state index in [1.54, 1.807) is 0 Å². The Balaban J connectivity index is 2.15. The van der Waals surface area contributed by atoms with Gasteiger partial charge < -0.3 is 10.3 Å². The molecule has 17 heavy (non-hydrogen) atoms. The minimum absolute atomic E-state index is 0.332. The Morgan fingerprint density at radius 3 is 2.82 bits per heavy atom. The first-order valence-electron chi connectivity index (χ1n) is 6.17. The molecule has 0 radical (unpaired) electrons. The molecule has 0 fully saturated rings. The van der Waals surface area contributed by atoms with Gasteiger partial charge in [0.2, 0.25) is 5.95 Å². The van der Waals surface area contributed by atoms with Gasteiger partial charge in [0.05, 0.1) is 12.0 Å². The quantitative estimate of drug-likeness (QED) is 0.804. The number of imidazole rings is 1. The molecule has 92 valence electrons. The molecule has 5 nitrogen and oxygen atoms in total. The number of unbranched alkanes of at least 4 members (excludes halogenated alkanes) is 3. The van der Waals surface area contributed by atoms with Crippen molar-refractivity contribution in [2.45, 2.75) is 46.1 Å². The number of hydrogen-bond donors (Lipinski definition) is 1. The SMILES string of the molecule is CCCCCCn1cnc(C)c2nc(N)nc1-2. The van der Waals surface area contributed by atoms with Crippen molar-refractivity contribution in [2.24, 2.45) is 0 Å². The van der Waals surface area contributed by atoms with E-state index in [1.165, 1.54) is 19.3 Å². The minimum atomic E-state index is 0.332. The second-order valence-electron chi connectivity index (χ2n) is 4.34. The maximum atomic E-state index is 5.64. The Morgan fingerprint density at radius 1 is 1.24 bits per heavy atom. The summed E-state index contributed by atoms with van der Waals surface area (Å²) in [5, 5.41) is 0. The summed E-state index contributed by atoms with van der Waals surface area (Å²) in [4.78, 5) is 12.8. The molecule has 0 unspecified atom stereocenters. The largest absolute Gasteiger partial charge is 0.368 e. The van der Waals surface area contributed by atoms with Crippen LogP contribution < -0.4 is 5.73 Å². The third-order valence-electron chi connectivity index (χ3n) is 2.92. The highest BCUT2D eigenvalue weighted by molar-refractivity contribution is 5.57. The number of nitrogen functional groups attached to an aromatic ring is 1. The van der Waals surface area contributed by atoms with Gasteiger partial charge in [-0.05, 0) is 13.3 Å². The van der Waals surface area contributed by atoms with Crippen molar-refractivity contribution in [3.8, 4) is 11.5 Å². The molecule has 5 heteroatoms. The summed E-state index contributed by atoms with van der Waals surface area (Å²) >= 11 is 0. The van der Waals surface area contributed by atoms with Crippen molar-refractivity contribution >= 4 is 5.95 Å². The van der Waals surface area contributed by atoms with Gasteiger partial charge in [-0.15, -0.1) is 0 Å². The second-order valence-corrected chi connectivity index (χ2v) is 4.34. The van der Waals surface area contributed by atoms with E-state index in [1.807, 2.05) is 17.8 Å². The Labute approximate surface area is 101 Å². The van der Waals surface area contributed by atoms with Crippen molar-refractivity contribution in [3.63, 3.8) is 0 Å². The Kier molecular flexibility index (Phi) is 3.56. The predicted octanol–water partition coefficient (Wildman–Crippen LogP) is 2.25. The van der Waals surface area contributed by atoms with Gasteiger partial charge in [0.1, 0.15) is 5.69 Å². The third-order valence-corrected chi connectivity index (χ3v) is 2.92. The lowest BCUT2D eigenvalue weighted by atomic mass is 10.2.